The summed E-state index contributed by atoms with van der Waals surface area (Å²) in [5.41, 5.74) is 2.03. The highest BCUT2D eigenvalue weighted by molar-refractivity contribution is 7.18. The zero-order valence-electron chi connectivity index (χ0n) is 19.1. The first-order valence-electron chi connectivity index (χ1n) is 11.2. The number of aryl methyl sites for hydroxylation is 2. The Morgan fingerprint density at radius 2 is 1.69 bits per heavy atom. The number of amides is 1. The zero-order chi connectivity index (χ0) is 22.4. The Balaban J connectivity index is 1.39. The van der Waals surface area contributed by atoms with Crippen molar-refractivity contribution in [3.8, 4) is 0 Å². The predicted molar refractivity (Wildman–Crippen MR) is 133 cm³/mol. The van der Waals surface area contributed by atoms with E-state index in [0.29, 0.717) is 13.1 Å². The molecule has 1 saturated heterocycles. The Morgan fingerprint density at radius 1 is 0.969 bits per heavy atom. The third-order valence-electron chi connectivity index (χ3n) is 6.41. The van der Waals surface area contributed by atoms with Gasteiger partial charge in [-0.2, -0.15) is 0 Å². The molecular weight excluding hydrogens is 416 g/mol. The molecule has 1 fully saturated rings. The van der Waals surface area contributed by atoms with Gasteiger partial charge in [-0.15, -0.1) is 11.3 Å². The lowest BCUT2D eigenvalue weighted by Crippen LogP contribution is -2.49. The topological polar surface area (TPSA) is 49.3 Å². The normalized spacial score (nSPS) is 14.7. The summed E-state index contributed by atoms with van der Waals surface area (Å²) in [6, 6.07) is 14.1. The highest BCUT2D eigenvalue weighted by Crippen LogP contribution is 2.36. The highest BCUT2D eigenvalue weighted by atomic mass is 32.1. The number of nitrogens with zero attached hydrogens (tertiary/aromatic N) is 4. The van der Waals surface area contributed by atoms with E-state index >= 15 is 0 Å². The van der Waals surface area contributed by atoms with Crippen LogP contribution in [0.15, 0.2) is 42.5 Å². The first-order chi connectivity index (χ1) is 15.4. The molecule has 0 saturated carbocycles. The van der Waals surface area contributed by atoms with Gasteiger partial charge in [0.25, 0.3) is 5.91 Å². The van der Waals surface area contributed by atoms with Crippen LogP contribution in [0.2, 0.25) is 0 Å². The average Bonchev–Trinajstić information content (AvgIpc) is 3.11. The van der Waals surface area contributed by atoms with Gasteiger partial charge in [-0.05, 0) is 42.3 Å². The second-order valence-corrected chi connectivity index (χ2v) is 10.1. The minimum absolute atomic E-state index is 0.105. The summed E-state index contributed by atoms with van der Waals surface area (Å²) in [6.45, 7) is 11.5. The molecule has 2 aromatic heterocycles. The monoisotopic (exact) mass is 444 g/mol. The molecule has 0 bridgehead atoms. The third-order valence-corrected chi connectivity index (χ3v) is 7.51. The van der Waals surface area contributed by atoms with Crippen LogP contribution in [-0.4, -0.2) is 47.0 Å². The SMILES string of the molecule is Cc1sc2nc(C(C)C)nc(N3CCN(C(=O)c4ccc5ccccc5c4)CC3)c2c1C. The quantitative estimate of drug-likeness (QED) is 0.416. The molecule has 2 aromatic carbocycles. The lowest BCUT2D eigenvalue weighted by atomic mass is 10.1. The van der Waals surface area contributed by atoms with Crippen molar-refractivity contribution in [1.29, 1.82) is 0 Å². The number of thiophene rings is 1. The number of carbonyl (C=O) groups excluding carboxylic acids is 1. The second kappa shape index (κ2) is 8.17. The van der Waals surface area contributed by atoms with Crippen LogP contribution in [0.1, 0.15) is 46.4 Å². The van der Waals surface area contributed by atoms with E-state index < -0.39 is 0 Å². The van der Waals surface area contributed by atoms with Crippen LogP contribution in [0.25, 0.3) is 21.0 Å². The minimum Gasteiger partial charge on any atom is -0.352 e. The van der Waals surface area contributed by atoms with E-state index in [1.54, 1.807) is 11.3 Å². The Labute approximate surface area is 192 Å². The summed E-state index contributed by atoms with van der Waals surface area (Å²) in [4.78, 5) is 29.7. The molecule has 0 spiro atoms. The molecule has 0 radical (unpaired) electrons. The van der Waals surface area contributed by atoms with Gasteiger partial charge in [-0.3, -0.25) is 4.79 Å². The van der Waals surface area contributed by atoms with E-state index in [9.17, 15) is 4.79 Å². The number of hydrogen-bond acceptors (Lipinski definition) is 5. The van der Waals surface area contributed by atoms with Gasteiger partial charge in [0.1, 0.15) is 16.5 Å². The first-order valence-corrected chi connectivity index (χ1v) is 12.0. The molecule has 0 aliphatic carbocycles. The Bertz CT molecular complexity index is 1320. The molecule has 4 aromatic rings. The van der Waals surface area contributed by atoms with Crippen molar-refractivity contribution in [2.45, 2.75) is 33.6 Å². The van der Waals surface area contributed by atoms with Gasteiger partial charge in [0.05, 0.1) is 5.39 Å². The number of anilines is 1. The molecule has 32 heavy (non-hydrogen) atoms. The standard InChI is InChI=1S/C26H28N4OS/c1-16(2)23-27-24(22-17(3)18(4)32-25(22)28-23)29-11-13-30(14-12-29)26(31)21-10-9-19-7-5-6-8-20(19)15-21/h5-10,15-16H,11-14H2,1-4H3. The second-order valence-electron chi connectivity index (χ2n) is 8.86. The van der Waals surface area contributed by atoms with Crippen LogP contribution in [0.4, 0.5) is 5.82 Å². The van der Waals surface area contributed by atoms with Crippen molar-refractivity contribution in [1.82, 2.24) is 14.9 Å². The molecule has 0 N–H and O–H groups in total. The van der Waals surface area contributed by atoms with Gasteiger partial charge in [-0.1, -0.05) is 44.2 Å². The lowest BCUT2D eigenvalue weighted by Gasteiger charge is -2.36. The van der Waals surface area contributed by atoms with Crippen molar-refractivity contribution in [2.75, 3.05) is 31.1 Å². The van der Waals surface area contributed by atoms with Crippen molar-refractivity contribution in [2.24, 2.45) is 0 Å². The highest BCUT2D eigenvalue weighted by Gasteiger charge is 2.26. The third kappa shape index (κ3) is 3.62. The fourth-order valence-electron chi connectivity index (χ4n) is 4.36. The van der Waals surface area contributed by atoms with Crippen LogP contribution in [0, 0.1) is 13.8 Å². The molecule has 1 amide bonds. The molecule has 1 aliphatic heterocycles. The van der Waals surface area contributed by atoms with Gasteiger partial charge < -0.3 is 9.80 Å². The van der Waals surface area contributed by atoms with Crippen LogP contribution in [-0.2, 0) is 0 Å². The largest absolute Gasteiger partial charge is 0.352 e. The molecule has 5 nitrogen and oxygen atoms in total. The maximum atomic E-state index is 13.2. The number of aromatic nitrogens is 2. The Hall–Kier alpha value is -2.99. The van der Waals surface area contributed by atoms with Gasteiger partial charge in [-0.25, -0.2) is 9.97 Å². The number of piperazine rings is 1. The van der Waals surface area contributed by atoms with Crippen molar-refractivity contribution in [3.63, 3.8) is 0 Å². The minimum atomic E-state index is 0.105. The van der Waals surface area contributed by atoms with E-state index in [1.165, 1.54) is 15.8 Å². The number of fused-ring (bicyclic) bond motifs is 2. The fraction of sp³-hybridized carbons (Fsp3) is 0.346. The molecule has 0 atom stereocenters. The summed E-state index contributed by atoms with van der Waals surface area (Å²) in [6.07, 6.45) is 0. The number of carbonyl (C=O) groups is 1. The maximum Gasteiger partial charge on any atom is 0.253 e. The molecular formula is C26H28N4OS. The van der Waals surface area contributed by atoms with Gasteiger partial charge in [0.2, 0.25) is 0 Å². The van der Waals surface area contributed by atoms with Crippen molar-refractivity contribution < 1.29 is 4.79 Å². The predicted octanol–water partition coefficient (Wildman–Crippen LogP) is 5.55. The van der Waals surface area contributed by atoms with Crippen LogP contribution in [0.3, 0.4) is 0 Å². The van der Waals surface area contributed by atoms with Crippen LogP contribution >= 0.6 is 11.3 Å². The summed E-state index contributed by atoms with van der Waals surface area (Å²) in [5.74, 6) is 2.30. The summed E-state index contributed by atoms with van der Waals surface area (Å²) < 4.78 is 0. The molecule has 164 valence electrons. The molecule has 5 rings (SSSR count). The van der Waals surface area contributed by atoms with Gasteiger partial charge in [0.15, 0.2) is 0 Å². The molecule has 3 heterocycles. The Kier molecular flexibility index (Phi) is 5.33. The Morgan fingerprint density at radius 3 is 2.41 bits per heavy atom. The zero-order valence-corrected chi connectivity index (χ0v) is 19.9. The summed E-state index contributed by atoms with van der Waals surface area (Å²) >= 11 is 1.75. The first kappa shape index (κ1) is 20.9. The van der Waals surface area contributed by atoms with Crippen LogP contribution in [0.5, 0.6) is 0 Å². The van der Waals surface area contributed by atoms with E-state index in [4.69, 9.17) is 9.97 Å². The van der Waals surface area contributed by atoms with E-state index in [2.05, 4.69) is 44.7 Å². The average molecular weight is 445 g/mol. The van der Waals surface area contributed by atoms with Crippen molar-refractivity contribution >= 4 is 44.1 Å². The summed E-state index contributed by atoms with van der Waals surface area (Å²) in [7, 11) is 0. The van der Waals surface area contributed by atoms with Gasteiger partial charge >= 0.3 is 0 Å². The fourth-order valence-corrected chi connectivity index (χ4v) is 5.39. The number of rotatable bonds is 3. The molecule has 1 aliphatic rings. The number of benzene rings is 2. The van der Waals surface area contributed by atoms with Gasteiger partial charge in [0, 0.05) is 42.5 Å². The summed E-state index contributed by atoms with van der Waals surface area (Å²) in [5, 5.41) is 3.43. The van der Waals surface area contributed by atoms with Crippen molar-refractivity contribution in [3.05, 3.63) is 64.3 Å². The number of hydrogen-bond donors (Lipinski definition) is 0. The smallest absolute Gasteiger partial charge is 0.253 e. The van der Waals surface area contributed by atoms with E-state index in [1.807, 2.05) is 35.2 Å². The van der Waals surface area contributed by atoms with E-state index in [0.717, 1.165) is 45.9 Å². The maximum absolute atomic E-state index is 13.2. The molecule has 0 unspecified atom stereocenters. The lowest BCUT2D eigenvalue weighted by molar-refractivity contribution is 0.0747. The van der Waals surface area contributed by atoms with E-state index in [-0.39, 0.29) is 11.8 Å². The van der Waals surface area contributed by atoms with Crippen LogP contribution < -0.4 is 4.90 Å². The molecule has 6 heteroatoms.